The monoisotopic (exact) mass is 307 g/mol. The molecule has 0 aromatic carbocycles. The van der Waals surface area contributed by atoms with Crippen LogP contribution in [-0.2, 0) is 10.3 Å². The SMILES string of the molecule is NC1=CC=CC(N)(c2nc(Cl)ncc2N2CCOCC2)C1. The highest BCUT2D eigenvalue weighted by Crippen LogP contribution is 2.34. The Morgan fingerprint density at radius 3 is 2.81 bits per heavy atom. The van der Waals surface area contributed by atoms with Crippen molar-refractivity contribution < 1.29 is 4.74 Å². The number of halogens is 1. The third kappa shape index (κ3) is 2.88. The highest BCUT2D eigenvalue weighted by molar-refractivity contribution is 6.28. The van der Waals surface area contributed by atoms with Crippen molar-refractivity contribution in [3.8, 4) is 0 Å². The third-order valence-electron chi connectivity index (χ3n) is 3.73. The van der Waals surface area contributed by atoms with E-state index in [9.17, 15) is 0 Å². The molecule has 2 aliphatic rings. The summed E-state index contributed by atoms with van der Waals surface area (Å²) in [6.07, 6.45) is 7.85. The quantitative estimate of drug-likeness (QED) is 0.790. The highest BCUT2D eigenvalue weighted by Gasteiger charge is 2.33. The van der Waals surface area contributed by atoms with Crippen molar-refractivity contribution in [1.82, 2.24) is 9.97 Å². The third-order valence-corrected chi connectivity index (χ3v) is 3.92. The van der Waals surface area contributed by atoms with Crippen LogP contribution in [0.15, 0.2) is 30.1 Å². The van der Waals surface area contributed by atoms with Gasteiger partial charge in [0.1, 0.15) is 0 Å². The lowest BCUT2D eigenvalue weighted by Crippen LogP contribution is -2.43. The first-order valence-corrected chi connectivity index (χ1v) is 7.25. The molecule has 6 nitrogen and oxygen atoms in total. The molecule has 0 bridgehead atoms. The minimum Gasteiger partial charge on any atom is -0.402 e. The van der Waals surface area contributed by atoms with Crippen molar-refractivity contribution in [2.45, 2.75) is 12.0 Å². The van der Waals surface area contributed by atoms with Crippen molar-refractivity contribution in [3.05, 3.63) is 41.1 Å². The van der Waals surface area contributed by atoms with Crippen LogP contribution in [0, 0.1) is 0 Å². The zero-order chi connectivity index (χ0) is 14.9. The summed E-state index contributed by atoms with van der Waals surface area (Å²) in [5.41, 5.74) is 14.0. The second-order valence-electron chi connectivity index (χ2n) is 5.29. The molecular weight excluding hydrogens is 290 g/mol. The molecule has 0 amide bonds. The molecule has 1 atom stereocenters. The van der Waals surface area contributed by atoms with E-state index in [1.807, 2.05) is 18.2 Å². The van der Waals surface area contributed by atoms with Crippen LogP contribution in [0.2, 0.25) is 5.28 Å². The lowest BCUT2D eigenvalue weighted by atomic mass is 9.86. The first-order valence-electron chi connectivity index (χ1n) is 6.87. The van der Waals surface area contributed by atoms with Crippen LogP contribution in [0.3, 0.4) is 0 Å². The molecule has 0 spiro atoms. The van der Waals surface area contributed by atoms with Gasteiger partial charge in [0.05, 0.1) is 36.3 Å². The van der Waals surface area contributed by atoms with Gasteiger partial charge in [0.15, 0.2) is 0 Å². The molecule has 1 aromatic heterocycles. The number of ether oxygens (including phenoxy) is 1. The van der Waals surface area contributed by atoms with Gasteiger partial charge < -0.3 is 21.1 Å². The van der Waals surface area contributed by atoms with Gasteiger partial charge in [-0.2, -0.15) is 0 Å². The van der Waals surface area contributed by atoms with Gasteiger partial charge in [-0.3, -0.25) is 0 Å². The minimum absolute atomic E-state index is 0.188. The average Bonchev–Trinajstić information content (AvgIpc) is 2.48. The minimum atomic E-state index is -0.765. The summed E-state index contributed by atoms with van der Waals surface area (Å²) in [7, 11) is 0. The molecule has 7 heteroatoms. The number of nitrogens with two attached hydrogens (primary N) is 2. The lowest BCUT2D eigenvalue weighted by molar-refractivity contribution is 0.122. The van der Waals surface area contributed by atoms with Crippen molar-refractivity contribution >= 4 is 17.3 Å². The molecule has 112 valence electrons. The normalized spacial score (nSPS) is 25.8. The number of aromatic nitrogens is 2. The Morgan fingerprint density at radius 2 is 2.10 bits per heavy atom. The van der Waals surface area contributed by atoms with E-state index < -0.39 is 5.54 Å². The number of nitrogens with zero attached hydrogens (tertiary/aromatic N) is 3. The fourth-order valence-electron chi connectivity index (χ4n) is 2.69. The summed E-state index contributed by atoms with van der Waals surface area (Å²) in [6.45, 7) is 2.92. The Bertz CT molecular complexity index is 597. The van der Waals surface area contributed by atoms with E-state index >= 15 is 0 Å². The van der Waals surface area contributed by atoms with Gasteiger partial charge in [0, 0.05) is 25.2 Å². The number of allylic oxidation sites excluding steroid dienone is 2. The van der Waals surface area contributed by atoms with Crippen molar-refractivity contribution in [2.75, 3.05) is 31.2 Å². The molecule has 4 N–H and O–H groups in total. The van der Waals surface area contributed by atoms with Gasteiger partial charge >= 0.3 is 0 Å². The van der Waals surface area contributed by atoms with Gasteiger partial charge in [-0.15, -0.1) is 0 Å². The predicted octanol–water partition coefficient (Wildman–Crippen LogP) is 0.923. The van der Waals surface area contributed by atoms with E-state index in [0.29, 0.717) is 25.3 Å². The summed E-state index contributed by atoms with van der Waals surface area (Å²) in [6, 6.07) is 0. The Balaban J connectivity index is 2.02. The van der Waals surface area contributed by atoms with E-state index in [0.717, 1.165) is 24.5 Å². The van der Waals surface area contributed by atoms with Gasteiger partial charge in [0.2, 0.25) is 5.28 Å². The number of morpholine rings is 1. The first-order chi connectivity index (χ1) is 10.1. The van der Waals surface area contributed by atoms with Crippen LogP contribution in [0.1, 0.15) is 12.1 Å². The molecular formula is C14H18ClN5O. The second-order valence-corrected chi connectivity index (χ2v) is 5.63. The lowest BCUT2D eigenvalue weighted by Gasteiger charge is -2.35. The summed E-state index contributed by atoms with van der Waals surface area (Å²) in [5, 5.41) is 0.188. The van der Waals surface area contributed by atoms with E-state index in [2.05, 4.69) is 14.9 Å². The molecule has 1 saturated heterocycles. The van der Waals surface area contributed by atoms with Gasteiger partial charge in [-0.25, -0.2) is 9.97 Å². The maximum absolute atomic E-state index is 6.53. The number of anilines is 1. The molecule has 3 rings (SSSR count). The summed E-state index contributed by atoms with van der Waals surface area (Å²) in [4.78, 5) is 10.7. The Labute approximate surface area is 128 Å². The fraction of sp³-hybridized carbons (Fsp3) is 0.429. The van der Waals surface area contributed by atoms with Crippen LogP contribution in [0.5, 0.6) is 0 Å². The van der Waals surface area contributed by atoms with E-state index in [1.165, 1.54) is 0 Å². The molecule has 1 aliphatic carbocycles. The van der Waals surface area contributed by atoms with Crippen LogP contribution >= 0.6 is 11.6 Å². The zero-order valence-corrected chi connectivity index (χ0v) is 12.4. The molecule has 1 fully saturated rings. The average molecular weight is 308 g/mol. The van der Waals surface area contributed by atoms with Crippen molar-refractivity contribution in [2.24, 2.45) is 11.5 Å². The molecule has 1 unspecified atom stereocenters. The van der Waals surface area contributed by atoms with Gasteiger partial charge in [-0.1, -0.05) is 12.2 Å². The molecule has 0 radical (unpaired) electrons. The van der Waals surface area contributed by atoms with Crippen molar-refractivity contribution in [1.29, 1.82) is 0 Å². The predicted molar refractivity (Wildman–Crippen MR) is 82.0 cm³/mol. The van der Waals surface area contributed by atoms with E-state index in [-0.39, 0.29) is 5.28 Å². The van der Waals surface area contributed by atoms with Crippen LogP contribution in [0.4, 0.5) is 5.69 Å². The number of hydrogen-bond acceptors (Lipinski definition) is 6. The van der Waals surface area contributed by atoms with E-state index in [1.54, 1.807) is 6.20 Å². The Hall–Kier alpha value is -1.63. The Morgan fingerprint density at radius 1 is 1.33 bits per heavy atom. The smallest absolute Gasteiger partial charge is 0.222 e. The number of hydrogen-bond donors (Lipinski definition) is 2. The van der Waals surface area contributed by atoms with Crippen molar-refractivity contribution in [3.63, 3.8) is 0 Å². The second kappa shape index (κ2) is 5.63. The topological polar surface area (TPSA) is 90.3 Å². The van der Waals surface area contributed by atoms with Gasteiger partial charge in [-0.05, 0) is 17.7 Å². The zero-order valence-electron chi connectivity index (χ0n) is 11.6. The number of rotatable bonds is 2. The molecule has 1 aromatic rings. The molecule has 21 heavy (non-hydrogen) atoms. The maximum atomic E-state index is 6.53. The van der Waals surface area contributed by atoms with Crippen LogP contribution in [-0.4, -0.2) is 36.3 Å². The fourth-order valence-corrected chi connectivity index (χ4v) is 2.83. The van der Waals surface area contributed by atoms with Gasteiger partial charge in [0.25, 0.3) is 0 Å². The first kappa shape index (κ1) is 14.3. The standard InChI is InChI=1S/C14H18ClN5O/c15-13-18-9-11(20-4-6-21-7-5-20)12(19-13)14(17)3-1-2-10(16)8-14/h1-3,9H,4-8,16-17H2. The maximum Gasteiger partial charge on any atom is 0.222 e. The Kier molecular flexibility index (Phi) is 3.84. The highest BCUT2D eigenvalue weighted by atomic mass is 35.5. The largest absolute Gasteiger partial charge is 0.402 e. The summed E-state index contributed by atoms with van der Waals surface area (Å²) in [5.74, 6) is 0. The summed E-state index contributed by atoms with van der Waals surface area (Å²) < 4.78 is 5.39. The van der Waals surface area contributed by atoms with E-state index in [4.69, 9.17) is 27.8 Å². The molecule has 1 aliphatic heterocycles. The van der Waals surface area contributed by atoms with Crippen LogP contribution in [0.25, 0.3) is 0 Å². The van der Waals surface area contributed by atoms with Crippen LogP contribution < -0.4 is 16.4 Å². The summed E-state index contributed by atoms with van der Waals surface area (Å²) >= 11 is 5.98. The molecule has 2 heterocycles. The molecule has 0 saturated carbocycles.